The lowest BCUT2D eigenvalue weighted by atomic mass is 10.1. The first-order valence-electron chi connectivity index (χ1n) is 7.51. The zero-order chi connectivity index (χ0) is 16.7. The first-order chi connectivity index (χ1) is 11.1. The van der Waals surface area contributed by atoms with Crippen molar-refractivity contribution in [1.82, 2.24) is 10.6 Å². The minimum atomic E-state index is -0.0380. The van der Waals surface area contributed by atoms with Crippen molar-refractivity contribution in [3.05, 3.63) is 64.7 Å². The van der Waals surface area contributed by atoms with E-state index in [-0.39, 0.29) is 24.4 Å². The van der Waals surface area contributed by atoms with Crippen LogP contribution in [0.4, 0.5) is 0 Å². The van der Waals surface area contributed by atoms with Gasteiger partial charge in [0.05, 0.1) is 0 Å². The van der Waals surface area contributed by atoms with Gasteiger partial charge in [-0.3, -0.25) is 4.79 Å². The predicted molar refractivity (Wildman–Crippen MR) is 106 cm³/mol. The van der Waals surface area contributed by atoms with E-state index < -0.39 is 0 Å². The van der Waals surface area contributed by atoms with E-state index in [4.69, 9.17) is 11.6 Å². The Morgan fingerprint density at radius 1 is 1.12 bits per heavy atom. The zero-order valence-corrected chi connectivity index (χ0v) is 16.1. The molecule has 6 heteroatoms. The number of hydrogen-bond acceptors (Lipinski definition) is 3. The molecule has 0 aliphatic carbocycles. The summed E-state index contributed by atoms with van der Waals surface area (Å²) in [5, 5.41) is 6.75. The average Bonchev–Trinajstić information content (AvgIpc) is 2.59. The number of rotatable bonds is 7. The quantitative estimate of drug-likeness (QED) is 0.695. The summed E-state index contributed by atoms with van der Waals surface area (Å²) in [5.74, 6) is 0.823. The third kappa shape index (κ3) is 6.73. The van der Waals surface area contributed by atoms with Gasteiger partial charge in [0, 0.05) is 33.8 Å². The van der Waals surface area contributed by atoms with Crippen molar-refractivity contribution in [2.75, 3.05) is 13.6 Å². The molecular formula is C18H22Cl2N2OS. The number of nitrogens with one attached hydrogen (secondary N) is 2. The van der Waals surface area contributed by atoms with Crippen LogP contribution in [0, 0.1) is 0 Å². The van der Waals surface area contributed by atoms with Crippen molar-refractivity contribution in [2.45, 2.75) is 23.6 Å². The molecule has 0 bridgehead atoms. The van der Waals surface area contributed by atoms with Crippen LogP contribution in [-0.2, 0) is 5.75 Å². The third-order valence-corrected chi connectivity index (χ3v) is 4.83. The zero-order valence-electron chi connectivity index (χ0n) is 13.7. The minimum absolute atomic E-state index is 0. The third-order valence-electron chi connectivity index (χ3n) is 3.50. The van der Waals surface area contributed by atoms with Gasteiger partial charge in [-0.05, 0) is 55.9 Å². The molecule has 1 amide bonds. The van der Waals surface area contributed by atoms with Gasteiger partial charge >= 0.3 is 0 Å². The summed E-state index contributed by atoms with van der Waals surface area (Å²) in [6.45, 7) is 2.64. The van der Waals surface area contributed by atoms with Crippen LogP contribution in [0.2, 0.25) is 5.02 Å². The van der Waals surface area contributed by atoms with Gasteiger partial charge in [-0.1, -0.05) is 23.7 Å². The van der Waals surface area contributed by atoms with E-state index in [9.17, 15) is 4.79 Å². The summed E-state index contributed by atoms with van der Waals surface area (Å²) in [6, 6.07) is 15.8. The molecule has 0 fully saturated rings. The molecule has 0 aliphatic heterocycles. The van der Waals surface area contributed by atoms with Crippen LogP contribution < -0.4 is 10.6 Å². The lowest BCUT2D eigenvalue weighted by Crippen LogP contribution is -2.37. The Morgan fingerprint density at radius 3 is 2.33 bits per heavy atom. The molecule has 24 heavy (non-hydrogen) atoms. The summed E-state index contributed by atoms with van der Waals surface area (Å²) >= 11 is 7.63. The first kappa shape index (κ1) is 20.8. The Kier molecular flexibility index (Phi) is 9.22. The highest BCUT2D eigenvalue weighted by molar-refractivity contribution is 7.98. The van der Waals surface area contributed by atoms with Crippen LogP contribution in [0.1, 0.15) is 22.8 Å². The van der Waals surface area contributed by atoms with Gasteiger partial charge in [-0.15, -0.1) is 24.2 Å². The summed E-state index contributed by atoms with van der Waals surface area (Å²) in [6.07, 6.45) is 0. The van der Waals surface area contributed by atoms with Gasteiger partial charge in [-0.25, -0.2) is 0 Å². The molecule has 3 nitrogen and oxygen atoms in total. The molecule has 1 unspecified atom stereocenters. The van der Waals surface area contributed by atoms with Crippen molar-refractivity contribution in [2.24, 2.45) is 0 Å². The van der Waals surface area contributed by atoms with E-state index in [0.717, 1.165) is 10.8 Å². The number of hydrogen-bond donors (Lipinski definition) is 2. The van der Waals surface area contributed by atoms with Gasteiger partial charge < -0.3 is 10.6 Å². The van der Waals surface area contributed by atoms with E-state index >= 15 is 0 Å². The fourth-order valence-corrected chi connectivity index (χ4v) is 2.88. The molecule has 0 saturated heterocycles. The van der Waals surface area contributed by atoms with E-state index in [0.29, 0.717) is 12.1 Å². The van der Waals surface area contributed by atoms with E-state index in [1.165, 1.54) is 10.5 Å². The molecule has 0 heterocycles. The average molecular weight is 385 g/mol. The smallest absolute Gasteiger partial charge is 0.251 e. The van der Waals surface area contributed by atoms with Crippen molar-refractivity contribution in [3.63, 3.8) is 0 Å². The van der Waals surface area contributed by atoms with Gasteiger partial charge in [0.25, 0.3) is 5.91 Å². The molecule has 130 valence electrons. The number of carbonyl (C=O) groups excluding carboxylic acids is 1. The van der Waals surface area contributed by atoms with Crippen molar-refractivity contribution < 1.29 is 4.79 Å². The normalized spacial score (nSPS) is 11.5. The Balaban J connectivity index is 0.00000288. The number of thioether (sulfide) groups is 1. The summed E-state index contributed by atoms with van der Waals surface area (Å²) in [7, 11) is 1.88. The van der Waals surface area contributed by atoms with Crippen LogP contribution in [0.25, 0.3) is 0 Å². The molecule has 0 spiro atoms. The highest BCUT2D eigenvalue weighted by Crippen LogP contribution is 2.24. The monoisotopic (exact) mass is 384 g/mol. The van der Waals surface area contributed by atoms with E-state index in [2.05, 4.69) is 10.6 Å². The summed E-state index contributed by atoms with van der Waals surface area (Å²) in [5.41, 5.74) is 1.87. The van der Waals surface area contributed by atoms with Crippen molar-refractivity contribution in [3.8, 4) is 0 Å². The Hall–Kier alpha value is -1.20. The number of benzene rings is 2. The van der Waals surface area contributed by atoms with Crippen LogP contribution in [0.5, 0.6) is 0 Å². The Morgan fingerprint density at radius 2 is 1.75 bits per heavy atom. The van der Waals surface area contributed by atoms with Gasteiger partial charge in [0.15, 0.2) is 0 Å². The molecule has 0 aliphatic rings. The Bertz CT molecular complexity index is 632. The molecule has 0 aromatic heterocycles. The van der Waals surface area contributed by atoms with Gasteiger partial charge in [-0.2, -0.15) is 0 Å². The van der Waals surface area contributed by atoms with Crippen LogP contribution in [-0.4, -0.2) is 25.5 Å². The maximum absolute atomic E-state index is 12.0. The largest absolute Gasteiger partial charge is 0.350 e. The minimum Gasteiger partial charge on any atom is -0.350 e. The second kappa shape index (κ2) is 10.6. The number of carbonyl (C=O) groups is 1. The van der Waals surface area contributed by atoms with Crippen molar-refractivity contribution in [1.29, 1.82) is 0 Å². The molecule has 2 N–H and O–H groups in total. The van der Waals surface area contributed by atoms with Gasteiger partial charge in [0.1, 0.15) is 0 Å². The second-order valence-corrected chi connectivity index (χ2v) is 6.82. The lowest BCUT2D eigenvalue weighted by Gasteiger charge is -2.11. The summed E-state index contributed by atoms with van der Waals surface area (Å²) in [4.78, 5) is 13.2. The molecule has 0 radical (unpaired) electrons. The number of halogens is 2. The number of amides is 1. The first-order valence-corrected chi connectivity index (χ1v) is 8.87. The van der Waals surface area contributed by atoms with Crippen molar-refractivity contribution >= 4 is 41.7 Å². The summed E-state index contributed by atoms with van der Waals surface area (Å²) < 4.78 is 0. The number of likely N-dealkylation sites (N-methyl/N-ethyl adjacent to an activating group) is 1. The van der Waals surface area contributed by atoms with Gasteiger partial charge in [0.2, 0.25) is 0 Å². The van der Waals surface area contributed by atoms with Crippen LogP contribution in [0.3, 0.4) is 0 Å². The maximum atomic E-state index is 12.0. The van der Waals surface area contributed by atoms with Crippen LogP contribution in [0.15, 0.2) is 53.4 Å². The lowest BCUT2D eigenvalue weighted by molar-refractivity contribution is 0.0950. The molecule has 2 rings (SSSR count). The fourth-order valence-electron chi connectivity index (χ4n) is 1.90. The molecule has 2 aromatic rings. The maximum Gasteiger partial charge on any atom is 0.251 e. The highest BCUT2D eigenvalue weighted by atomic mass is 35.5. The topological polar surface area (TPSA) is 41.1 Å². The molecule has 0 saturated carbocycles. The van der Waals surface area contributed by atoms with E-state index in [1.807, 2.05) is 62.5 Å². The molecule has 1 atom stereocenters. The molecular weight excluding hydrogens is 363 g/mol. The SMILES string of the molecule is CNC(C)CNC(=O)c1ccc(CSc2ccc(Cl)cc2)cc1.Cl. The van der Waals surface area contributed by atoms with E-state index in [1.54, 1.807) is 11.8 Å². The fraction of sp³-hybridized carbons (Fsp3) is 0.278. The van der Waals surface area contributed by atoms with Crippen LogP contribution >= 0.6 is 35.8 Å². The highest BCUT2D eigenvalue weighted by Gasteiger charge is 2.07. The predicted octanol–water partition coefficient (Wildman–Crippen LogP) is 4.39. The Labute approximate surface area is 159 Å². The standard InChI is InChI=1S/C18H21ClN2OS.ClH/c1-13(20-2)11-21-18(22)15-5-3-14(4-6-15)12-23-17-9-7-16(19)8-10-17;/h3-10,13,20H,11-12H2,1-2H3,(H,21,22);1H. The molecule has 2 aromatic carbocycles. The second-order valence-electron chi connectivity index (χ2n) is 5.34.